The lowest BCUT2D eigenvalue weighted by Gasteiger charge is -2.26. The third-order valence-electron chi connectivity index (χ3n) is 2.84. The number of nitro groups is 1. The van der Waals surface area contributed by atoms with Crippen molar-refractivity contribution < 1.29 is 14.8 Å². The van der Waals surface area contributed by atoms with Gasteiger partial charge in [0.1, 0.15) is 0 Å². The Hall–Kier alpha value is -1.13. The fourth-order valence-corrected chi connectivity index (χ4v) is 1.88. The zero-order chi connectivity index (χ0) is 12.8. The summed E-state index contributed by atoms with van der Waals surface area (Å²) < 4.78 is 0. The van der Waals surface area contributed by atoms with Crippen molar-refractivity contribution in [3.8, 4) is 0 Å². The lowest BCUT2D eigenvalue weighted by molar-refractivity contribution is -0.541. The quantitative estimate of drug-likeness (QED) is 0.395. The minimum atomic E-state index is -0.979. The molecule has 0 aliphatic rings. The van der Waals surface area contributed by atoms with Crippen molar-refractivity contribution in [3.63, 3.8) is 0 Å². The summed E-state index contributed by atoms with van der Waals surface area (Å²) in [6.07, 6.45) is 3.04. The Morgan fingerprint density at radius 1 is 1.44 bits per heavy atom. The summed E-state index contributed by atoms with van der Waals surface area (Å²) in [5.41, 5.74) is -0.789. The third kappa shape index (κ3) is 5.09. The summed E-state index contributed by atoms with van der Waals surface area (Å²) in [6.45, 7) is 5.34. The smallest absolute Gasteiger partial charge is 0.304 e. The van der Waals surface area contributed by atoms with Crippen molar-refractivity contribution in [3.05, 3.63) is 10.1 Å². The summed E-state index contributed by atoms with van der Waals surface area (Å²) in [7, 11) is 0. The highest BCUT2D eigenvalue weighted by Gasteiger charge is 2.39. The summed E-state index contributed by atoms with van der Waals surface area (Å²) in [6, 6.07) is -0.768. The van der Waals surface area contributed by atoms with Crippen LogP contribution in [-0.2, 0) is 4.79 Å². The second kappa shape index (κ2) is 6.45. The molecule has 1 N–H and O–H groups in total. The van der Waals surface area contributed by atoms with Crippen LogP contribution in [0.5, 0.6) is 0 Å². The van der Waals surface area contributed by atoms with E-state index in [0.717, 1.165) is 19.3 Å². The van der Waals surface area contributed by atoms with Crippen LogP contribution < -0.4 is 0 Å². The van der Waals surface area contributed by atoms with Crippen LogP contribution in [0, 0.1) is 15.5 Å². The number of carboxylic acids is 1. The Morgan fingerprint density at radius 3 is 2.38 bits per heavy atom. The van der Waals surface area contributed by atoms with Crippen molar-refractivity contribution in [1.29, 1.82) is 0 Å². The van der Waals surface area contributed by atoms with Gasteiger partial charge in [-0.05, 0) is 6.42 Å². The second-order valence-corrected chi connectivity index (χ2v) is 4.86. The zero-order valence-corrected chi connectivity index (χ0v) is 10.2. The molecule has 0 rings (SSSR count). The van der Waals surface area contributed by atoms with Gasteiger partial charge >= 0.3 is 5.97 Å². The number of hydrogen-bond acceptors (Lipinski definition) is 3. The highest BCUT2D eigenvalue weighted by atomic mass is 16.6. The molecule has 0 heterocycles. The number of carbonyl (C=O) groups is 1. The minimum Gasteiger partial charge on any atom is -0.481 e. The van der Waals surface area contributed by atoms with Crippen LogP contribution in [0.4, 0.5) is 0 Å². The van der Waals surface area contributed by atoms with Crippen LogP contribution in [-0.4, -0.2) is 22.0 Å². The highest BCUT2D eigenvalue weighted by Crippen LogP contribution is 2.30. The summed E-state index contributed by atoms with van der Waals surface area (Å²) >= 11 is 0. The van der Waals surface area contributed by atoms with Crippen molar-refractivity contribution in [2.24, 2.45) is 5.41 Å². The fourth-order valence-electron chi connectivity index (χ4n) is 1.88. The topological polar surface area (TPSA) is 80.4 Å². The van der Waals surface area contributed by atoms with E-state index in [0.29, 0.717) is 6.42 Å². The van der Waals surface area contributed by atoms with Gasteiger partial charge in [-0.3, -0.25) is 14.9 Å². The van der Waals surface area contributed by atoms with Gasteiger partial charge in [0, 0.05) is 16.8 Å². The van der Waals surface area contributed by atoms with E-state index < -0.39 is 17.4 Å². The minimum absolute atomic E-state index is 0.162. The van der Waals surface area contributed by atoms with Gasteiger partial charge in [0.15, 0.2) is 0 Å². The number of carboxylic acid groups (broad SMARTS) is 1. The molecule has 0 radical (unpaired) electrons. The van der Waals surface area contributed by atoms with Crippen molar-refractivity contribution in [1.82, 2.24) is 0 Å². The largest absolute Gasteiger partial charge is 0.481 e. The average molecular weight is 231 g/mol. The molecule has 16 heavy (non-hydrogen) atoms. The normalized spacial score (nSPS) is 13.4. The predicted molar refractivity (Wildman–Crippen MR) is 61.0 cm³/mol. The monoisotopic (exact) mass is 231 g/mol. The maximum absolute atomic E-state index is 10.9. The molecule has 0 aromatic rings. The van der Waals surface area contributed by atoms with Gasteiger partial charge in [0.2, 0.25) is 6.04 Å². The van der Waals surface area contributed by atoms with Gasteiger partial charge in [-0.1, -0.05) is 33.6 Å². The van der Waals surface area contributed by atoms with E-state index in [9.17, 15) is 14.9 Å². The van der Waals surface area contributed by atoms with E-state index in [4.69, 9.17) is 5.11 Å². The molecule has 0 aliphatic carbocycles. The van der Waals surface area contributed by atoms with Gasteiger partial charge in [-0.2, -0.15) is 0 Å². The van der Waals surface area contributed by atoms with E-state index in [1.54, 1.807) is 13.8 Å². The van der Waals surface area contributed by atoms with Crippen LogP contribution >= 0.6 is 0 Å². The summed E-state index contributed by atoms with van der Waals surface area (Å²) in [5.74, 6) is -0.979. The predicted octanol–water partition coefficient (Wildman–Crippen LogP) is 2.71. The molecule has 0 amide bonds. The van der Waals surface area contributed by atoms with Gasteiger partial charge < -0.3 is 5.11 Å². The Balaban J connectivity index is 4.49. The van der Waals surface area contributed by atoms with Gasteiger partial charge in [-0.25, -0.2) is 0 Å². The first-order chi connectivity index (χ1) is 7.31. The number of hydrogen-bond donors (Lipinski definition) is 1. The SMILES string of the molecule is CCCCCC([N+](=O)[O-])C(C)(C)CC(=O)O. The molecular formula is C11H21NO4. The van der Waals surface area contributed by atoms with E-state index >= 15 is 0 Å². The van der Waals surface area contributed by atoms with E-state index in [1.807, 2.05) is 6.92 Å². The third-order valence-corrected chi connectivity index (χ3v) is 2.84. The summed E-state index contributed by atoms with van der Waals surface area (Å²) in [4.78, 5) is 21.2. The highest BCUT2D eigenvalue weighted by molar-refractivity contribution is 5.67. The molecule has 1 unspecified atom stereocenters. The Kier molecular flexibility index (Phi) is 6.00. The van der Waals surface area contributed by atoms with Crippen LogP contribution in [0.3, 0.4) is 0 Å². The molecule has 0 aliphatic heterocycles. The fraction of sp³-hybridized carbons (Fsp3) is 0.909. The molecule has 0 aromatic carbocycles. The number of aliphatic carboxylic acids is 1. The molecule has 0 spiro atoms. The first-order valence-corrected chi connectivity index (χ1v) is 5.66. The molecular weight excluding hydrogens is 210 g/mol. The Labute approximate surface area is 96.0 Å². The van der Waals surface area contributed by atoms with Crippen molar-refractivity contribution in [2.75, 3.05) is 0 Å². The molecule has 5 heteroatoms. The number of unbranched alkanes of at least 4 members (excludes halogenated alkanes) is 2. The Bertz CT molecular complexity index is 250. The lowest BCUT2D eigenvalue weighted by Crippen LogP contribution is -2.38. The lowest BCUT2D eigenvalue weighted by atomic mass is 9.79. The number of nitrogens with zero attached hydrogens (tertiary/aromatic N) is 1. The average Bonchev–Trinajstić information content (AvgIpc) is 2.08. The van der Waals surface area contributed by atoms with E-state index in [2.05, 4.69) is 0 Å². The standard InChI is InChI=1S/C11H21NO4/c1-4-5-6-7-9(12(15)16)11(2,3)8-10(13)14/h9H,4-8H2,1-3H3,(H,13,14). The van der Waals surface area contributed by atoms with Crippen LogP contribution in [0.2, 0.25) is 0 Å². The number of rotatable bonds is 8. The maximum atomic E-state index is 10.9. The van der Waals surface area contributed by atoms with Crippen LogP contribution in [0.15, 0.2) is 0 Å². The van der Waals surface area contributed by atoms with E-state index in [-0.39, 0.29) is 11.3 Å². The van der Waals surface area contributed by atoms with E-state index in [1.165, 1.54) is 0 Å². The van der Waals surface area contributed by atoms with Crippen LogP contribution in [0.25, 0.3) is 0 Å². The molecule has 0 saturated heterocycles. The molecule has 0 saturated carbocycles. The molecule has 0 aromatic heterocycles. The van der Waals surface area contributed by atoms with Gasteiger partial charge in [-0.15, -0.1) is 0 Å². The summed E-state index contributed by atoms with van der Waals surface area (Å²) in [5, 5.41) is 19.7. The molecule has 1 atom stereocenters. The molecule has 0 bridgehead atoms. The van der Waals surface area contributed by atoms with Crippen molar-refractivity contribution >= 4 is 5.97 Å². The first-order valence-electron chi connectivity index (χ1n) is 5.66. The zero-order valence-electron chi connectivity index (χ0n) is 10.2. The van der Waals surface area contributed by atoms with Crippen LogP contribution in [0.1, 0.15) is 52.9 Å². The Morgan fingerprint density at radius 2 is 2.00 bits per heavy atom. The maximum Gasteiger partial charge on any atom is 0.304 e. The first kappa shape index (κ1) is 14.9. The van der Waals surface area contributed by atoms with Gasteiger partial charge in [0.05, 0.1) is 6.42 Å². The molecule has 5 nitrogen and oxygen atoms in total. The second-order valence-electron chi connectivity index (χ2n) is 4.86. The van der Waals surface area contributed by atoms with Crippen molar-refractivity contribution in [2.45, 2.75) is 58.9 Å². The molecule has 94 valence electrons. The molecule has 0 fully saturated rings. The van der Waals surface area contributed by atoms with Gasteiger partial charge in [0.25, 0.3) is 0 Å².